The number of allylic oxidation sites excluding steroid dienone is 1. The zero-order chi connectivity index (χ0) is 11.7. The van der Waals surface area contributed by atoms with E-state index in [0.717, 1.165) is 6.42 Å². The monoisotopic (exact) mass is 220 g/mol. The van der Waals surface area contributed by atoms with Gasteiger partial charge in [0.05, 0.1) is 0 Å². The first kappa shape index (κ1) is 10.3. The molecule has 0 heteroatoms. The minimum atomic E-state index is 0.479. The molecule has 2 aromatic carbocycles. The fourth-order valence-corrected chi connectivity index (χ4v) is 2.68. The minimum Gasteiger partial charge on any atom is -0.0795 e. The van der Waals surface area contributed by atoms with E-state index in [2.05, 4.69) is 67.6 Å². The average molecular weight is 220 g/mol. The van der Waals surface area contributed by atoms with Gasteiger partial charge >= 0.3 is 0 Å². The van der Waals surface area contributed by atoms with Crippen LogP contribution in [0.2, 0.25) is 0 Å². The van der Waals surface area contributed by atoms with Crippen molar-refractivity contribution in [2.24, 2.45) is 0 Å². The van der Waals surface area contributed by atoms with Crippen LogP contribution in [0.3, 0.4) is 0 Å². The lowest BCUT2D eigenvalue weighted by atomic mass is 9.84. The summed E-state index contributed by atoms with van der Waals surface area (Å²) in [5.41, 5.74) is 5.69. The molecule has 0 bridgehead atoms. The van der Waals surface area contributed by atoms with Gasteiger partial charge in [0.15, 0.2) is 0 Å². The Morgan fingerprint density at radius 3 is 2.47 bits per heavy atom. The van der Waals surface area contributed by atoms with E-state index in [4.69, 9.17) is 0 Å². The fraction of sp³-hybridized carbons (Fsp3) is 0.176. The van der Waals surface area contributed by atoms with E-state index in [-0.39, 0.29) is 0 Å². The molecule has 0 fully saturated rings. The summed E-state index contributed by atoms with van der Waals surface area (Å²) in [6.07, 6.45) is 5.56. The van der Waals surface area contributed by atoms with Gasteiger partial charge in [0, 0.05) is 5.92 Å². The highest BCUT2D eigenvalue weighted by molar-refractivity contribution is 5.58. The van der Waals surface area contributed by atoms with Gasteiger partial charge in [-0.25, -0.2) is 0 Å². The van der Waals surface area contributed by atoms with Crippen LogP contribution in [0.1, 0.15) is 35.1 Å². The molecule has 0 amide bonds. The number of rotatable bonds is 0. The van der Waals surface area contributed by atoms with Gasteiger partial charge in [-0.05, 0) is 28.7 Å². The zero-order valence-corrected chi connectivity index (χ0v) is 10.1. The van der Waals surface area contributed by atoms with Crippen LogP contribution in [0.25, 0.3) is 6.08 Å². The molecule has 0 saturated heterocycles. The van der Waals surface area contributed by atoms with Gasteiger partial charge in [-0.15, -0.1) is 0 Å². The first-order valence-electron chi connectivity index (χ1n) is 6.19. The summed E-state index contributed by atoms with van der Waals surface area (Å²) in [5, 5.41) is 0. The largest absolute Gasteiger partial charge is 0.0795 e. The highest BCUT2D eigenvalue weighted by Crippen LogP contribution is 2.31. The van der Waals surface area contributed by atoms with Crippen molar-refractivity contribution in [3.8, 4) is 0 Å². The van der Waals surface area contributed by atoms with Crippen LogP contribution in [0.15, 0.2) is 54.6 Å². The van der Waals surface area contributed by atoms with Gasteiger partial charge < -0.3 is 0 Å². The topological polar surface area (TPSA) is 0 Å². The van der Waals surface area contributed by atoms with E-state index in [1.54, 1.807) is 0 Å². The molecule has 84 valence electrons. The van der Waals surface area contributed by atoms with Gasteiger partial charge in [-0.3, -0.25) is 0 Å². The molecule has 0 aliphatic heterocycles. The summed E-state index contributed by atoms with van der Waals surface area (Å²) < 4.78 is 0. The normalized spacial score (nSPS) is 19.7. The van der Waals surface area contributed by atoms with E-state index < -0.39 is 0 Å². The van der Waals surface area contributed by atoms with Gasteiger partial charge in [0.2, 0.25) is 0 Å². The third-order valence-corrected chi connectivity index (χ3v) is 3.62. The third kappa shape index (κ3) is 1.80. The molecule has 0 nitrogen and oxygen atoms in total. The molecule has 0 radical (unpaired) electrons. The average Bonchev–Trinajstić information content (AvgIpc) is 2.37. The summed E-state index contributed by atoms with van der Waals surface area (Å²) in [6, 6.07) is 17.5. The van der Waals surface area contributed by atoms with Crippen LogP contribution >= 0.6 is 0 Å². The highest BCUT2D eigenvalue weighted by atomic mass is 14.2. The second-order valence-corrected chi connectivity index (χ2v) is 4.66. The van der Waals surface area contributed by atoms with Gasteiger partial charge in [-0.2, -0.15) is 0 Å². The highest BCUT2D eigenvalue weighted by Gasteiger charge is 2.15. The Hall–Kier alpha value is -1.82. The van der Waals surface area contributed by atoms with Crippen LogP contribution in [0, 0.1) is 0 Å². The summed E-state index contributed by atoms with van der Waals surface area (Å²) in [7, 11) is 0. The van der Waals surface area contributed by atoms with Crippen molar-refractivity contribution < 1.29 is 0 Å². The molecule has 1 aliphatic rings. The van der Waals surface area contributed by atoms with Crippen LogP contribution in [-0.4, -0.2) is 0 Å². The molecule has 3 rings (SSSR count). The predicted molar refractivity (Wildman–Crippen MR) is 73.1 cm³/mol. The number of hydrogen-bond acceptors (Lipinski definition) is 0. The molecule has 0 aromatic heterocycles. The maximum Gasteiger partial charge on any atom is 0.00697 e. The molecule has 0 spiro atoms. The third-order valence-electron chi connectivity index (χ3n) is 3.62. The molecular formula is C17H16. The Labute approximate surface area is 103 Å². The summed E-state index contributed by atoms with van der Waals surface area (Å²) in [5.74, 6) is 0.479. The van der Waals surface area contributed by atoms with Crippen molar-refractivity contribution in [3.63, 3.8) is 0 Å². The van der Waals surface area contributed by atoms with E-state index in [1.807, 2.05) is 0 Å². The van der Waals surface area contributed by atoms with Gasteiger partial charge in [0.25, 0.3) is 0 Å². The first-order valence-corrected chi connectivity index (χ1v) is 6.19. The summed E-state index contributed by atoms with van der Waals surface area (Å²) >= 11 is 0. The standard InChI is InChI=1S/C17H16/c1-13-16-11-4-2-7-14(16)9-6-10-15-8-3-5-12-17(13)15/h2-9,11-13H,10H2,1H3/b9-6-. The van der Waals surface area contributed by atoms with Crippen molar-refractivity contribution in [1.82, 2.24) is 0 Å². The van der Waals surface area contributed by atoms with Gasteiger partial charge in [0.1, 0.15) is 0 Å². The SMILES string of the molecule is CC1c2ccccc2/C=C\Cc2ccccc21. The number of benzene rings is 2. The number of hydrogen-bond donors (Lipinski definition) is 0. The van der Waals surface area contributed by atoms with E-state index in [0.29, 0.717) is 5.92 Å². The molecule has 1 atom stereocenters. The number of fused-ring (bicyclic) bond motifs is 2. The van der Waals surface area contributed by atoms with Gasteiger partial charge in [-0.1, -0.05) is 67.6 Å². The van der Waals surface area contributed by atoms with E-state index in [9.17, 15) is 0 Å². The Bertz CT molecular complexity index is 564. The quantitative estimate of drug-likeness (QED) is 0.617. The molecule has 17 heavy (non-hydrogen) atoms. The maximum absolute atomic E-state index is 2.30. The lowest BCUT2D eigenvalue weighted by molar-refractivity contribution is 0.895. The molecule has 0 saturated carbocycles. The molecular weight excluding hydrogens is 204 g/mol. The second-order valence-electron chi connectivity index (χ2n) is 4.66. The van der Waals surface area contributed by atoms with E-state index >= 15 is 0 Å². The molecule has 2 aromatic rings. The Morgan fingerprint density at radius 2 is 1.59 bits per heavy atom. The second kappa shape index (κ2) is 4.21. The van der Waals surface area contributed by atoms with Crippen LogP contribution in [0.4, 0.5) is 0 Å². The van der Waals surface area contributed by atoms with Crippen molar-refractivity contribution in [1.29, 1.82) is 0 Å². The minimum absolute atomic E-state index is 0.479. The van der Waals surface area contributed by atoms with Crippen molar-refractivity contribution in [2.45, 2.75) is 19.3 Å². The summed E-state index contributed by atoms with van der Waals surface area (Å²) in [6.45, 7) is 2.30. The van der Waals surface area contributed by atoms with Crippen LogP contribution in [0.5, 0.6) is 0 Å². The zero-order valence-electron chi connectivity index (χ0n) is 10.1. The van der Waals surface area contributed by atoms with Crippen LogP contribution in [-0.2, 0) is 6.42 Å². The smallest absolute Gasteiger partial charge is 0.00697 e. The maximum atomic E-state index is 2.30. The summed E-state index contributed by atoms with van der Waals surface area (Å²) in [4.78, 5) is 0. The molecule has 0 N–H and O–H groups in total. The molecule has 0 heterocycles. The predicted octanol–water partition coefficient (Wildman–Crippen LogP) is 4.41. The Morgan fingerprint density at radius 1 is 0.882 bits per heavy atom. The lowest BCUT2D eigenvalue weighted by Gasteiger charge is -2.20. The Balaban J connectivity index is 2.21. The fourth-order valence-electron chi connectivity index (χ4n) is 2.68. The Kier molecular flexibility index (Phi) is 2.56. The van der Waals surface area contributed by atoms with Crippen molar-refractivity contribution in [3.05, 3.63) is 76.9 Å². The van der Waals surface area contributed by atoms with Crippen molar-refractivity contribution in [2.75, 3.05) is 0 Å². The van der Waals surface area contributed by atoms with Crippen LogP contribution < -0.4 is 0 Å². The molecule has 1 aliphatic carbocycles. The van der Waals surface area contributed by atoms with E-state index in [1.165, 1.54) is 22.3 Å². The molecule has 1 unspecified atom stereocenters. The first-order chi connectivity index (χ1) is 8.36. The lowest BCUT2D eigenvalue weighted by Crippen LogP contribution is -2.04. The van der Waals surface area contributed by atoms with Crippen molar-refractivity contribution >= 4 is 6.08 Å².